The van der Waals surface area contributed by atoms with E-state index in [1.54, 1.807) is 12.4 Å². The lowest BCUT2D eigenvalue weighted by Gasteiger charge is -1.96. The summed E-state index contributed by atoms with van der Waals surface area (Å²) >= 11 is 0. The number of hydrogen-bond acceptors (Lipinski definition) is 5. The van der Waals surface area contributed by atoms with Gasteiger partial charge in [0.2, 0.25) is 0 Å². The van der Waals surface area contributed by atoms with Gasteiger partial charge in [0.25, 0.3) is 11.8 Å². The van der Waals surface area contributed by atoms with Crippen molar-refractivity contribution in [1.29, 1.82) is 0 Å². The van der Waals surface area contributed by atoms with Crippen LogP contribution in [0.5, 0.6) is 0 Å². The molecule has 0 spiro atoms. The molecule has 0 amide bonds. The van der Waals surface area contributed by atoms with Crippen molar-refractivity contribution in [3.8, 4) is 11.5 Å². The van der Waals surface area contributed by atoms with Gasteiger partial charge < -0.3 is 10.3 Å². The highest BCUT2D eigenvalue weighted by Gasteiger charge is 2.08. The Morgan fingerprint density at radius 3 is 2.92 bits per heavy atom. The Balaban J connectivity index is 2.52. The van der Waals surface area contributed by atoms with Crippen LogP contribution < -0.4 is 5.73 Å². The lowest BCUT2D eigenvalue weighted by Crippen LogP contribution is -1.87. The third-order valence-electron chi connectivity index (χ3n) is 1.69. The summed E-state index contributed by atoms with van der Waals surface area (Å²) in [4.78, 5) is 7.87. The number of nitrogens with zero attached hydrogens (tertiary/aromatic N) is 3. The van der Waals surface area contributed by atoms with Crippen LogP contribution in [0.4, 0.5) is 5.95 Å². The van der Waals surface area contributed by atoms with Crippen molar-refractivity contribution in [2.45, 2.75) is 6.92 Å². The van der Waals surface area contributed by atoms with Gasteiger partial charge in [-0.15, -0.1) is 0 Å². The predicted molar refractivity (Wildman–Crippen MR) is 46.7 cm³/mol. The van der Waals surface area contributed by atoms with E-state index in [4.69, 9.17) is 10.3 Å². The summed E-state index contributed by atoms with van der Waals surface area (Å²) in [6.45, 7) is 1.92. The van der Waals surface area contributed by atoms with E-state index >= 15 is 0 Å². The second kappa shape index (κ2) is 2.85. The van der Waals surface area contributed by atoms with Gasteiger partial charge in [-0.05, 0) is 23.7 Å². The maximum absolute atomic E-state index is 5.33. The van der Waals surface area contributed by atoms with Crippen LogP contribution >= 0.6 is 0 Å². The van der Waals surface area contributed by atoms with Gasteiger partial charge in [0.15, 0.2) is 0 Å². The predicted octanol–water partition coefficient (Wildman–Crippen LogP) is 1.02. The average molecular weight is 176 g/mol. The smallest absolute Gasteiger partial charge is 0.261 e. The molecule has 0 saturated carbocycles. The first kappa shape index (κ1) is 7.72. The van der Waals surface area contributed by atoms with Crippen LogP contribution in [0.1, 0.15) is 5.56 Å². The molecule has 0 aliphatic rings. The van der Waals surface area contributed by atoms with Crippen LogP contribution in [0.15, 0.2) is 23.0 Å². The van der Waals surface area contributed by atoms with E-state index in [2.05, 4.69) is 15.1 Å². The summed E-state index contributed by atoms with van der Waals surface area (Å²) in [5.41, 5.74) is 7.17. The maximum Gasteiger partial charge on any atom is 0.261 e. The zero-order chi connectivity index (χ0) is 9.26. The zero-order valence-electron chi connectivity index (χ0n) is 7.06. The monoisotopic (exact) mass is 176 g/mol. The lowest BCUT2D eigenvalue weighted by atomic mass is 10.2. The van der Waals surface area contributed by atoms with Gasteiger partial charge in [0, 0.05) is 18.0 Å². The topological polar surface area (TPSA) is 77.8 Å². The second-order valence-electron chi connectivity index (χ2n) is 2.65. The van der Waals surface area contributed by atoms with Gasteiger partial charge in [0.05, 0.1) is 0 Å². The van der Waals surface area contributed by atoms with Crippen LogP contribution in [-0.2, 0) is 0 Å². The molecule has 0 aliphatic heterocycles. The Labute approximate surface area is 74.6 Å². The van der Waals surface area contributed by atoms with Crippen molar-refractivity contribution in [2.24, 2.45) is 0 Å². The highest BCUT2D eigenvalue weighted by molar-refractivity contribution is 5.57. The summed E-state index contributed by atoms with van der Waals surface area (Å²) in [7, 11) is 0. The minimum atomic E-state index is 0.145. The van der Waals surface area contributed by atoms with E-state index in [1.165, 1.54) is 0 Å². The number of nitrogens with two attached hydrogens (primary N) is 1. The maximum atomic E-state index is 5.33. The SMILES string of the molecule is Cc1cnccc1-c1nc(N)no1. The number of hydrogen-bond donors (Lipinski definition) is 1. The van der Waals surface area contributed by atoms with Gasteiger partial charge in [-0.2, -0.15) is 4.98 Å². The van der Waals surface area contributed by atoms with Crippen molar-refractivity contribution in [1.82, 2.24) is 15.1 Å². The Hall–Kier alpha value is -1.91. The van der Waals surface area contributed by atoms with Crippen LogP contribution in [0.25, 0.3) is 11.5 Å². The third-order valence-corrected chi connectivity index (χ3v) is 1.69. The number of aryl methyl sites for hydroxylation is 1. The molecule has 0 atom stereocenters. The molecule has 5 heteroatoms. The van der Waals surface area contributed by atoms with E-state index in [1.807, 2.05) is 13.0 Å². The first-order chi connectivity index (χ1) is 6.27. The van der Waals surface area contributed by atoms with E-state index < -0.39 is 0 Å². The molecule has 66 valence electrons. The zero-order valence-corrected chi connectivity index (χ0v) is 7.06. The average Bonchev–Trinajstić information content (AvgIpc) is 2.53. The fourth-order valence-electron chi connectivity index (χ4n) is 1.06. The molecule has 2 rings (SSSR count). The standard InChI is InChI=1S/C8H8N4O/c1-5-4-10-3-2-6(5)7-11-8(9)12-13-7/h2-4H,1H3,(H2,9,12). The molecule has 0 aliphatic carbocycles. The normalized spacial score (nSPS) is 10.2. The molecule has 2 N–H and O–H groups in total. The molecule has 5 nitrogen and oxygen atoms in total. The summed E-state index contributed by atoms with van der Waals surface area (Å²) < 4.78 is 4.92. The Morgan fingerprint density at radius 1 is 1.46 bits per heavy atom. The summed E-state index contributed by atoms with van der Waals surface area (Å²) in [6.07, 6.45) is 3.40. The van der Waals surface area contributed by atoms with Crippen LogP contribution in [0.2, 0.25) is 0 Å². The molecular weight excluding hydrogens is 168 g/mol. The summed E-state index contributed by atoms with van der Waals surface area (Å²) in [5, 5.41) is 3.51. The Morgan fingerprint density at radius 2 is 2.31 bits per heavy atom. The Bertz CT molecular complexity index is 424. The lowest BCUT2D eigenvalue weighted by molar-refractivity contribution is 0.433. The van der Waals surface area contributed by atoms with Crippen LogP contribution in [0.3, 0.4) is 0 Å². The molecular formula is C8H8N4O. The number of aromatic nitrogens is 3. The van der Waals surface area contributed by atoms with Crippen molar-refractivity contribution in [3.63, 3.8) is 0 Å². The number of pyridine rings is 1. The van der Waals surface area contributed by atoms with Crippen LogP contribution in [0, 0.1) is 6.92 Å². The fourth-order valence-corrected chi connectivity index (χ4v) is 1.06. The number of nitrogen functional groups attached to an aromatic ring is 1. The molecule has 2 heterocycles. The van der Waals surface area contributed by atoms with Gasteiger partial charge in [0.1, 0.15) is 0 Å². The van der Waals surface area contributed by atoms with Gasteiger partial charge >= 0.3 is 0 Å². The third kappa shape index (κ3) is 1.35. The van der Waals surface area contributed by atoms with Gasteiger partial charge in [-0.1, -0.05) is 0 Å². The van der Waals surface area contributed by atoms with Crippen molar-refractivity contribution < 1.29 is 4.52 Å². The molecule has 0 unspecified atom stereocenters. The minimum Gasteiger partial charge on any atom is -0.365 e. The van der Waals surface area contributed by atoms with E-state index in [9.17, 15) is 0 Å². The molecule has 0 saturated heterocycles. The Kier molecular flexibility index (Phi) is 1.70. The minimum absolute atomic E-state index is 0.145. The molecule has 0 aromatic carbocycles. The van der Waals surface area contributed by atoms with E-state index in [0.29, 0.717) is 5.89 Å². The molecule has 0 fully saturated rings. The molecule has 0 radical (unpaired) electrons. The first-order valence-corrected chi connectivity index (χ1v) is 3.77. The molecule has 13 heavy (non-hydrogen) atoms. The van der Waals surface area contributed by atoms with Crippen molar-refractivity contribution in [3.05, 3.63) is 24.0 Å². The largest absolute Gasteiger partial charge is 0.365 e. The van der Waals surface area contributed by atoms with Gasteiger partial charge in [-0.3, -0.25) is 4.98 Å². The summed E-state index contributed by atoms with van der Waals surface area (Å²) in [6, 6.07) is 1.81. The van der Waals surface area contributed by atoms with Gasteiger partial charge in [-0.25, -0.2) is 0 Å². The highest BCUT2D eigenvalue weighted by atomic mass is 16.5. The van der Waals surface area contributed by atoms with Crippen molar-refractivity contribution in [2.75, 3.05) is 5.73 Å². The molecule has 2 aromatic rings. The van der Waals surface area contributed by atoms with E-state index in [-0.39, 0.29) is 5.95 Å². The molecule has 2 aromatic heterocycles. The quantitative estimate of drug-likeness (QED) is 0.701. The van der Waals surface area contributed by atoms with E-state index in [0.717, 1.165) is 11.1 Å². The highest BCUT2D eigenvalue weighted by Crippen LogP contribution is 2.20. The number of rotatable bonds is 1. The van der Waals surface area contributed by atoms with Crippen molar-refractivity contribution >= 4 is 5.95 Å². The number of anilines is 1. The second-order valence-corrected chi connectivity index (χ2v) is 2.65. The first-order valence-electron chi connectivity index (χ1n) is 3.77. The fraction of sp³-hybridized carbons (Fsp3) is 0.125. The summed E-state index contributed by atoms with van der Waals surface area (Å²) in [5.74, 6) is 0.573. The molecule has 0 bridgehead atoms. The van der Waals surface area contributed by atoms with Crippen LogP contribution in [-0.4, -0.2) is 15.1 Å².